The van der Waals surface area contributed by atoms with Crippen molar-refractivity contribution in [2.45, 2.75) is 129 Å². The quantitative estimate of drug-likeness (QED) is 0.241. The van der Waals surface area contributed by atoms with E-state index in [9.17, 15) is 0 Å². The van der Waals surface area contributed by atoms with Crippen LogP contribution in [0.5, 0.6) is 5.75 Å². The highest BCUT2D eigenvalue weighted by molar-refractivity contribution is 5.92. The molecular weight excluding hydrogens is 621 g/mol. The average molecular weight is 678 g/mol. The van der Waals surface area contributed by atoms with Gasteiger partial charge in [-0.25, -0.2) is 0 Å². The number of nitrogens with zero attached hydrogens (tertiary/aromatic N) is 1. The van der Waals surface area contributed by atoms with E-state index in [4.69, 9.17) is 10.5 Å². The molecule has 51 heavy (non-hydrogen) atoms. The van der Waals surface area contributed by atoms with Gasteiger partial charge in [-0.1, -0.05) is 120 Å². The van der Waals surface area contributed by atoms with Crippen molar-refractivity contribution in [3.8, 4) is 17.0 Å². The molecule has 0 saturated heterocycles. The summed E-state index contributed by atoms with van der Waals surface area (Å²) >= 11 is 0. The molecule has 1 aromatic heterocycles. The lowest BCUT2D eigenvalue weighted by molar-refractivity contribution is -0.563. The van der Waals surface area contributed by atoms with E-state index in [2.05, 4.69) is 112 Å². The maximum Gasteiger partial charge on any atom is 0.223 e. The van der Waals surface area contributed by atoms with Crippen molar-refractivity contribution in [1.82, 2.24) is 0 Å². The second-order valence-electron chi connectivity index (χ2n) is 16.7. The minimum absolute atomic E-state index is 0.00953. The first-order valence-electron chi connectivity index (χ1n) is 20.5. The first-order chi connectivity index (χ1) is 24.9. The molecular formula is C48H57N2O+. The fraction of sp³-hybridized carbons (Fsp3) is 0.479. The van der Waals surface area contributed by atoms with Crippen molar-refractivity contribution < 1.29 is 9.30 Å². The lowest BCUT2D eigenvalue weighted by Crippen LogP contribution is -2.33. The van der Waals surface area contributed by atoms with E-state index in [1.807, 2.05) is 0 Å². The lowest BCUT2D eigenvalue weighted by Gasteiger charge is -2.25. The molecule has 7 aliphatic rings. The molecule has 4 unspecified atom stereocenters. The van der Waals surface area contributed by atoms with Crippen LogP contribution in [0.2, 0.25) is 0 Å². The van der Waals surface area contributed by atoms with E-state index in [1.165, 1.54) is 93.6 Å². The first kappa shape index (κ1) is 33.2. The zero-order chi connectivity index (χ0) is 35.1. The third-order valence-electron chi connectivity index (χ3n) is 14.1. The molecule has 3 nitrogen and oxygen atoms in total. The number of fused-ring (bicyclic) bond motifs is 7. The van der Waals surface area contributed by atoms with Gasteiger partial charge < -0.3 is 10.5 Å². The first-order valence-corrected chi connectivity index (χ1v) is 20.5. The van der Waals surface area contributed by atoms with Crippen LogP contribution in [0.15, 0.2) is 101 Å². The van der Waals surface area contributed by atoms with Gasteiger partial charge in [-0.2, -0.15) is 4.57 Å². The summed E-state index contributed by atoms with van der Waals surface area (Å²) in [7, 11) is 0. The molecule has 0 amide bonds. The Morgan fingerprint density at radius 3 is 2.59 bits per heavy atom. The highest BCUT2D eigenvalue weighted by Crippen LogP contribution is 2.72. The van der Waals surface area contributed by atoms with Crippen LogP contribution < -0.4 is 15.0 Å². The lowest BCUT2D eigenvalue weighted by atomic mass is 9.80. The number of allylic oxidation sites excluding steroid dienone is 8. The van der Waals surface area contributed by atoms with Crippen molar-refractivity contribution in [1.29, 1.82) is 0 Å². The molecule has 2 saturated carbocycles. The number of benzene rings is 1. The third kappa shape index (κ3) is 4.75. The fourth-order valence-electron chi connectivity index (χ4n) is 11.5. The topological polar surface area (TPSA) is 39.1 Å². The minimum atomic E-state index is -0.395. The van der Waals surface area contributed by atoms with Gasteiger partial charge in [0.05, 0.1) is 11.1 Å². The molecule has 0 radical (unpaired) electrons. The molecule has 2 N–H and O–H groups in total. The van der Waals surface area contributed by atoms with Gasteiger partial charge in [-0.15, -0.1) is 0 Å². The molecule has 9 rings (SSSR count). The summed E-state index contributed by atoms with van der Waals surface area (Å²) in [5.74, 6) is 2.58. The van der Waals surface area contributed by atoms with Crippen molar-refractivity contribution >= 4 is 5.70 Å². The van der Waals surface area contributed by atoms with Crippen LogP contribution in [0.1, 0.15) is 126 Å². The van der Waals surface area contributed by atoms with E-state index in [1.54, 1.807) is 5.57 Å². The van der Waals surface area contributed by atoms with Gasteiger partial charge in [0.15, 0.2) is 6.20 Å². The van der Waals surface area contributed by atoms with Crippen molar-refractivity contribution in [3.63, 3.8) is 0 Å². The predicted octanol–water partition coefficient (Wildman–Crippen LogP) is 11.1. The summed E-state index contributed by atoms with van der Waals surface area (Å²) in [6.45, 7) is 11.7. The minimum Gasteiger partial charge on any atom is -0.484 e. The summed E-state index contributed by atoms with van der Waals surface area (Å²) in [5.41, 5.74) is 23.9. The molecule has 2 aliphatic heterocycles. The highest BCUT2D eigenvalue weighted by atomic mass is 16.5. The molecule has 3 heteroatoms. The molecule has 2 aromatic rings. The van der Waals surface area contributed by atoms with Gasteiger partial charge in [0.2, 0.25) is 11.4 Å². The maximum atomic E-state index is 7.76. The van der Waals surface area contributed by atoms with Gasteiger partial charge in [-0.05, 0) is 91.2 Å². The Morgan fingerprint density at radius 2 is 1.84 bits per heavy atom. The standard InChI is InChI=1S/C48H57N2O/c1-6-16-35-30(4)23-24-39(35)47(7-2)46(48(47,49)8-3)43-38-27-31(5)41-37-22-15-21-36(34-19-13-10-14-20-34)44(37)51-45(41)42(38)40-29-33(25-26-50(40)43)28-32-17-11-9-12-18-32/h10,13,15,19,21-27,29-30,32,37,44H,6-9,11-12,14,16-18,20,28,49H2,1-5H3/q+1/b46-43-/t30-,37?,44?,47?,48?/m0/s1. The Labute approximate surface area is 306 Å². The van der Waals surface area contributed by atoms with Crippen LogP contribution >= 0.6 is 0 Å². The van der Waals surface area contributed by atoms with E-state index < -0.39 is 5.54 Å². The van der Waals surface area contributed by atoms with Crippen molar-refractivity contribution in [2.24, 2.45) is 23.0 Å². The van der Waals surface area contributed by atoms with Crippen LogP contribution in [0.3, 0.4) is 0 Å². The third-order valence-corrected chi connectivity index (χ3v) is 14.1. The average Bonchev–Trinajstić information content (AvgIpc) is 3.52. The van der Waals surface area contributed by atoms with E-state index in [0.29, 0.717) is 5.92 Å². The molecule has 5 atom stereocenters. The van der Waals surface area contributed by atoms with Gasteiger partial charge in [0, 0.05) is 34.6 Å². The number of hydrogen-bond acceptors (Lipinski definition) is 2. The van der Waals surface area contributed by atoms with Crippen molar-refractivity contribution in [3.05, 3.63) is 123 Å². The van der Waals surface area contributed by atoms with Gasteiger partial charge in [0.1, 0.15) is 17.4 Å². The largest absolute Gasteiger partial charge is 0.484 e. The van der Waals surface area contributed by atoms with Crippen LogP contribution in [-0.4, -0.2) is 11.6 Å². The number of ether oxygens (including phenoxy) is 1. The summed E-state index contributed by atoms with van der Waals surface area (Å²) in [6.07, 6.45) is 35.5. The molecule has 1 aromatic carbocycles. The second-order valence-corrected chi connectivity index (χ2v) is 16.7. The van der Waals surface area contributed by atoms with Crippen LogP contribution in [0.4, 0.5) is 0 Å². The molecule has 5 aliphatic carbocycles. The molecule has 264 valence electrons. The van der Waals surface area contributed by atoms with Gasteiger partial charge >= 0.3 is 0 Å². The normalized spacial score (nSPS) is 31.7. The van der Waals surface area contributed by atoms with Crippen LogP contribution in [0, 0.1) is 24.2 Å². The van der Waals surface area contributed by atoms with Gasteiger partial charge in [-0.3, -0.25) is 0 Å². The zero-order valence-electron chi connectivity index (χ0n) is 31.7. The Bertz CT molecular complexity index is 2020. The maximum absolute atomic E-state index is 7.76. The van der Waals surface area contributed by atoms with Crippen molar-refractivity contribution in [2.75, 3.05) is 0 Å². The van der Waals surface area contributed by atoms with Crippen LogP contribution in [0.25, 0.3) is 17.0 Å². The second kappa shape index (κ2) is 12.5. The predicted molar refractivity (Wildman–Crippen MR) is 210 cm³/mol. The zero-order valence-corrected chi connectivity index (χ0v) is 31.7. The molecule has 0 bridgehead atoms. The Kier molecular flexibility index (Phi) is 8.11. The number of nitrogens with two attached hydrogens (primary N) is 1. The summed E-state index contributed by atoms with van der Waals surface area (Å²) in [6, 6.07) is 7.46. The number of pyridine rings is 1. The molecule has 0 spiro atoms. The Morgan fingerprint density at radius 1 is 1.00 bits per heavy atom. The van der Waals surface area contributed by atoms with Crippen LogP contribution in [-0.2, 0) is 6.42 Å². The number of aryl methyl sites for hydroxylation is 1. The summed E-state index contributed by atoms with van der Waals surface area (Å²) in [4.78, 5) is 0. The number of rotatable bonds is 8. The monoisotopic (exact) mass is 677 g/mol. The van der Waals surface area contributed by atoms with E-state index >= 15 is 0 Å². The Hall–Kier alpha value is -3.69. The van der Waals surface area contributed by atoms with Gasteiger partial charge in [0.25, 0.3) is 0 Å². The summed E-state index contributed by atoms with van der Waals surface area (Å²) in [5, 5.41) is 0. The Balaban J connectivity index is 1.26. The molecule has 2 fully saturated rings. The number of hydrogen-bond donors (Lipinski definition) is 1. The fourth-order valence-corrected chi connectivity index (χ4v) is 11.5. The number of aromatic nitrogens is 1. The van der Waals surface area contributed by atoms with E-state index in [-0.39, 0.29) is 17.4 Å². The highest BCUT2D eigenvalue weighted by Gasteiger charge is 2.74. The smallest absolute Gasteiger partial charge is 0.223 e. The summed E-state index contributed by atoms with van der Waals surface area (Å²) < 4.78 is 9.88. The SMILES string of the molecule is CCCC1=C(C2(CC)/C(=C3\c4cc(C)c5c(c4-c4cc(CC6CCCCC6)cc[n+]43)OC3C(C4=CC=CCC4)=CC=CC53)C2(N)CC)C=C[C@@H]1C. The van der Waals surface area contributed by atoms with E-state index in [0.717, 1.165) is 56.6 Å². The molecule has 3 heterocycles.